The van der Waals surface area contributed by atoms with Crippen molar-refractivity contribution in [1.29, 1.82) is 0 Å². The SMILES string of the molecule is CC(C)N(CCCC(=O)O)C(=O)CSc1ccc(F)cc1. The molecule has 116 valence electrons. The van der Waals surface area contributed by atoms with Crippen molar-refractivity contribution in [2.75, 3.05) is 12.3 Å². The molecule has 0 unspecified atom stereocenters. The van der Waals surface area contributed by atoms with E-state index in [2.05, 4.69) is 0 Å². The van der Waals surface area contributed by atoms with Gasteiger partial charge < -0.3 is 10.0 Å². The van der Waals surface area contributed by atoms with Crippen molar-refractivity contribution in [3.63, 3.8) is 0 Å². The van der Waals surface area contributed by atoms with Crippen LogP contribution in [-0.4, -0.2) is 40.2 Å². The Balaban J connectivity index is 2.48. The van der Waals surface area contributed by atoms with Crippen LogP contribution in [0.25, 0.3) is 0 Å². The van der Waals surface area contributed by atoms with Gasteiger partial charge in [-0.2, -0.15) is 0 Å². The van der Waals surface area contributed by atoms with Gasteiger partial charge in [-0.3, -0.25) is 9.59 Å². The highest BCUT2D eigenvalue weighted by atomic mass is 32.2. The van der Waals surface area contributed by atoms with Crippen LogP contribution < -0.4 is 0 Å². The fourth-order valence-electron chi connectivity index (χ4n) is 1.83. The molecule has 0 aliphatic rings. The number of thioether (sulfide) groups is 1. The lowest BCUT2D eigenvalue weighted by molar-refractivity contribution is -0.138. The maximum absolute atomic E-state index is 12.8. The molecule has 0 atom stereocenters. The molecule has 0 spiro atoms. The van der Waals surface area contributed by atoms with Crippen LogP contribution in [0.5, 0.6) is 0 Å². The highest BCUT2D eigenvalue weighted by Crippen LogP contribution is 2.19. The minimum Gasteiger partial charge on any atom is -0.481 e. The van der Waals surface area contributed by atoms with Gasteiger partial charge in [0.2, 0.25) is 5.91 Å². The fraction of sp³-hybridized carbons (Fsp3) is 0.467. The summed E-state index contributed by atoms with van der Waals surface area (Å²) in [6.07, 6.45) is 0.502. The summed E-state index contributed by atoms with van der Waals surface area (Å²) in [6.45, 7) is 4.25. The number of carbonyl (C=O) groups is 2. The van der Waals surface area contributed by atoms with Crippen LogP contribution in [0.3, 0.4) is 0 Å². The number of aliphatic carboxylic acids is 1. The smallest absolute Gasteiger partial charge is 0.303 e. The Kier molecular flexibility index (Phi) is 7.22. The standard InChI is InChI=1S/C15H20FNO3S/c1-11(2)17(9-3-4-15(19)20)14(18)10-21-13-7-5-12(16)6-8-13/h5-8,11H,3-4,9-10H2,1-2H3,(H,19,20). The molecular weight excluding hydrogens is 293 g/mol. The molecule has 0 bridgehead atoms. The summed E-state index contributed by atoms with van der Waals surface area (Å²) in [5, 5.41) is 8.64. The minimum atomic E-state index is -0.855. The zero-order valence-electron chi connectivity index (χ0n) is 12.2. The number of carboxylic acids is 1. The number of carbonyl (C=O) groups excluding carboxylic acids is 1. The third-order valence-corrected chi connectivity index (χ3v) is 3.91. The largest absolute Gasteiger partial charge is 0.481 e. The van der Waals surface area contributed by atoms with Gasteiger partial charge in [-0.15, -0.1) is 11.8 Å². The van der Waals surface area contributed by atoms with Crippen LogP contribution in [0.1, 0.15) is 26.7 Å². The van der Waals surface area contributed by atoms with Crippen molar-refractivity contribution in [2.45, 2.75) is 37.6 Å². The van der Waals surface area contributed by atoms with E-state index in [4.69, 9.17) is 5.11 Å². The van der Waals surface area contributed by atoms with Crippen LogP contribution in [0.15, 0.2) is 29.2 Å². The average molecular weight is 313 g/mol. The first-order valence-corrected chi connectivity index (χ1v) is 7.78. The van der Waals surface area contributed by atoms with Gasteiger partial charge in [0.15, 0.2) is 0 Å². The first-order chi connectivity index (χ1) is 9.90. The second-order valence-corrected chi connectivity index (χ2v) is 5.97. The highest BCUT2D eigenvalue weighted by Gasteiger charge is 2.17. The Labute approximate surface area is 128 Å². The molecule has 0 aliphatic heterocycles. The van der Waals surface area contributed by atoms with E-state index in [0.29, 0.717) is 13.0 Å². The van der Waals surface area contributed by atoms with Gasteiger partial charge >= 0.3 is 5.97 Å². The molecule has 0 radical (unpaired) electrons. The predicted octanol–water partition coefficient (Wildman–Crippen LogP) is 3.02. The number of amides is 1. The quantitative estimate of drug-likeness (QED) is 0.750. The number of hydrogen-bond donors (Lipinski definition) is 1. The summed E-state index contributed by atoms with van der Waals surface area (Å²) < 4.78 is 12.8. The molecule has 1 amide bonds. The normalized spacial score (nSPS) is 10.7. The van der Waals surface area contributed by atoms with Gasteiger partial charge in [0.1, 0.15) is 5.82 Å². The molecule has 21 heavy (non-hydrogen) atoms. The first kappa shape index (κ1) is 17.5. The zero-order valence-corrected chi connectivity index (χ0v) is 13.0. The lowest BCUT2D eigenvalue weighted by Gasteiger charge is -2.26. The van der Waals surface area contributed by atoms with Crippen molar-refractivity contribution >= 4 is 23.6 Å². The Hall–Kier alpha value is -1.56. The minimum absolute atomic E-state index is 0.0279. The Bertz CT molecular complexity index is 476. The summed E-state index contributed by atoms with van der Waals surface area (Å²) in [7, 11) is 0. The van der Waals surface area contributed by atoms with Crippen LogP contribution in [0.2, 0.25) is 0 Å². The van der Waals surface area contributed by atoms with Crippen molar-refractivity contribution in [2.24, 2.45) is 0 Å². The maximum Gasteiger partial charge on any atom is 0.303 e. The van der Waals surface area contributed by atoms with E-state index in [-0.39, 0.29) is 29.9 Å². The van der Waals surface area contributed by atoms with E-state index in [9.17, 15) is 14.0 Å². The predicted molar refractivity (Wildman–Crippen MR) is 80.8 cm³/mol. The molecular formula is C15H20FNO3S. The Morgan fingerprint density at radius 1 is 1.29 bits per heavy atom. The molecule has 0 aromatic heterocycles. The lowest BCUT2D eigenvalue weighted by atomic mass is 10.2. The van der Waals surface area contributed by atoms with E-state index < -0.39 is 5.97 Å². The van der Waals surface area contributed by atoms with Crippen LogP contribution in [0.4, 0.5) is 4.39 Å². The van der Waals surface area contributed by atoms with Crippen LogP contribution >= 0.6 is 11.8 Å². The van der Waals surface area contributed by atoms with Gasteiger partial charge in [0, 0.05) is 23.9 Å². The monoisotopic (exact) mass is 313 g/mol. The second kappa shape index (κ2) is 8.67. The van der Waals surface area contributed by atoms with Crippen molar-refractivity contribution in [1.82, 2.24) is 4.90 Å². The molecule has 0 fully saturated rings. The number of rotatable bonds is 8. The number of nitrogens with zero attached hydrogens (tertiary/aromatic N) is 1. The van der Waals surface area contributed by atoms with E-state index in [0.717, 1.165) is 4.90 Å². The first-order valence-electron chi connectivity index (χ1n) is 6.79. The van der Waals surface area contributed by atoms with Crippen molar-refractivity contribution < 1.29 is 19.1 Å². The van der Waals surface area contributed by atoms with Gasteiger partial charge in [-0.25, -0.2) is 4.39 Å². The number of hydrogen-bond acceptors (Lipinski definition) is 3. The van der Waals surface area contributed by atoms with Gasteiger partial charge in [0.25, 0.3) is 0 Å². The summed E-state index contributed by atoms with van der Waals surface area (Å²) in [4.78, 5) is 25.2. The molecule has 6 heteroatoms. The molecule has 0 aliphatic carbocycles. The van der Waals surface area contributed by atoms with E-state index in [1.165, 1.54) is 23.9 Å². The van der Waals surface area contributed by atoms with Crippen molar-refractivity contribution in [3.8, 4) is 0 Å². The van der Waals surface area contributed by atoms with Gasteiger partial charge in [0.05, 0.1) is 5.75 Å². The molecule has 1 aromatic rings. The topological polar surface area (TPSA) is 57.6 Å². The summed E-state index contributed by atoms with van der Waals surface area (Å²) in [6, 6.07) is 6.02. The van der Waals surface area contributed by atoms with Crippen LogP contribution in [-0.2, 0) is 9.59 Å². The molecule has 1 rings (SSSR count). The Morgan fingerprint density at radius 2 is 1.90 bits per heavy atom. The molecule has 0 heterocycles. The van der Waals surface area contributed by atoms with Crippen molar-refractivity contribution in [3.05, 3.63) is 30.1 Å². The third kappa shape index (κ3) is 6.62. The summed E-state index contributed by atoms with van der Waals surface area (Å²) >= 11 is 1.35. The van der Waals surface area contributed by atoms with E-state index in [1.807, 2.05) is 13.8 Å². The zero-order chi connectivity index (χ0) is 15.8. The number of halogens is 1. The van der Waals surface area contributed by atoms with E-state index in [1.54, 1.807) is 17.0 Å². The number of benzene rings is 1. The fourth-order valence-corrected chi connectivity index (χ4v) is 2.61. The van der Waals surface area contributed by atoms with Crippen LogP contribution in [0, 0.1) is 5.82 Å². The molecule has 0 saturated carbocycles. The van der Waals surface area contributed by atoms with Gasteiger partial charge in [-0.05, 0) is 44.5 Å². The second-order valence-electron chi connectivity index (χ2n) is 4.92. The molecule has 1 N–H and O–H groups in total. The maximum atomic E-state index is 12.8. The highest BCUT2D eigenvalue weighted by molar-refractivity contribution is 8.00. The molecule has 4 nitrogen and oxygen atoms in total. The average Bonchev–Trinajstić information content (AvgIpc) is 2.42. The molecule has 0 saturated heterocycles. The summed E-state index contributed by atoms with van der Waals surface area (Å²) in [5.74, 6) is -0.934. The van der Waals surface area contributed by atoms with E-state index >= 15 is 0 Å². The number of carboxylic acid groups (broad SMARTS) is 1. The lowest BCUT2D eigenvalue weighted by Crippen LogP contribution is -2.39. The summed E-state index contributed by atoms with van der Waals surface area (Å²) in [5.41, 5.74) is 0. The third-order valence-electron chi connectivity index (χ3n) is 2.91. The Morgan fingerprint density at radius 3 is 2.43 bits per heavy atom. The van der Waals surface area contributed by atoms with Gasteiger partial charge in [-0.1, -0.05) is 0 Å². The molecule has 1 aromatic carbocycles.